The summed E-state index contributed by atoms with van der Waals surface area (Å²) in [6.45, 7) is 8.94. The summed E-state index contributed by atoms with van der Waals surface area (Å²) in [5.74, 6) is -1.49. The molecule has 1 aliphatic heterocycles. The number of hydrogen-bond donors (Lipinski definition) is 4. The molecule has 5 rings (SSSR count). The van der Waals surface area contributed by atoms with E-state index in [0.29, 0.717) is 38.7 Å². The fourth-order valence-corrected chi connectivity index (χ4v) is 9.65. The van der Waals surface area contributed by atoms with Crippen molar-refractivity contribution in [1.29, 1.82) is 0 Å². The highest BCUT2D eigenvalue weighted by Crippen LogP contribution is 2.64. The van der Waals surface area contributed by atoms with Gasteiger partial charge >= 0.3 is 12.1 Å². The van der Waals surface area contributed by atoms with Crippen LogP contribution in [0.4, 0.5) is 4.79 Å². The molecule has 0 aromatic rings. The molecule has 10 heteroatoms. The minimum absolute atomic E-state index is 0.00710. The Labute approximate surface area is 249 Å². The molecule has 0 spiro atoms. The molecule has 5 aliphatic rings. The Kier molecular flexibility index (Phi) is 9.67. The standard InChI is InChI=1S/C32H50N2O8/c1-17(2)11-19-5-6-21-20-7-8-23-22-15-40-16-32(23,24(20)12-25(35)28(21)27(19)30(36)37)13-26(42-31(38)39)29(22)41-14-18(3)34-10-4-9-33/h12,17-23,26-29,34H,4-11,13-16,33H2,1-3H3,(H,36,37)(H,38,39)/t18?,19?,20?,21?,22?,23?,26-,27-,28?,29-,32+/m1/s1. The Bertz CT molecular complexity index is 1050. The van der Waals surface area contributed by atoms with Crippen molar-refractivity contribution in [3.8, 4) is 0 Å². The zero-order chi connectivity index (χ0) is 30.2. The van der Waals surface area contributed by atoms with Crippen molar-refractivity contribution in [2.75, 3.05) is 32.9 Å². The monoisotopic (exact) mass is 590 g/mol. The van der Waals surface area contributed by atoms with Crippen molar-refractivity contribution in [2.24, 2.45) is 58.5 Å². The summed E-state index contributed by atoms with van der Waals surface area (Å²) in [6, 6.07) is 0.0672. The summed E-state index contributed by atoms with van der Waals surface area (Å²) >= 11 is 0. The lowest BCUT2D eigenvalue weighted by molar-refractivity contribution is -0.218. The summed E-state index contributed by atoms with van der Waals surface area (Å²) in [7, 11) is 0. The number of rotatable bonds is 11. The van der Waals surface area contributed by atoms with Crippen LogP contribution in [-0.2, 0) is 23.8 Å². The Morgan fingerprint density at radius 3 is 2.64 bits per heavy atom. The number of carbonyl (C=O) groups excluding carboxylic acids is 1. The fraction of sp³-hybridized carbons (Fsp3) is 0.844. The lowest BCUT2D eigenvalue weighted by Crippen LogP contribution is -2.64. The van der Waals surface area contributed by atoms with Gasteiger partial charge in [-0.05, 0) is 101 Å². The number of carboxylic acids is 1. The van der Waals surface area contributed by atoms with Crippen molar-refractivity contribution in [3.05, 3.63) is 11.6 Å². The highest BCUT2D eigenvalue weighted by atomic mass is 16.7. The molecule has 11 atom stereocenters. The summed E-state index contributed by atoms with van der Waals surface area (Å²) < 4.78 is 18.2. The normalized spacial score (nSPS) is 39.9. The number of aliphatic carboxylic acids is 1. The maximum absolute atomic E-state index is 13.9. The van der Waals surface area contributed by atoms with Gasteiger partial charge in [-0.1, -0.05) is 19.4 Å². The predicted octanol–water partition coefficient (Wildman–Crippen LogP) is 3.72. The molecule has 4 fully saturated rings. The highest BCUT2D eigenvalue weighted by molar-refractivity contribution is 5.97. The molecular weight excluding hydrogens is 540 g/mol. The second-order valence-electron chi connectivity index (χ2n) is 14.1. The number of hydrogen-bond acceptors (Lipinski definition) is 8. The SMILES string of the molecule is CC(C)CC1CCC2C3CCC4C5COC[C@]4(C[C@@H](OC(=O)O)[C@@H]5OCC(C)NCCCN)C3=CC(=O)C2[C@@H]1C(=O)O. The van der Waals surface area contributed by atoms with Gasteiger partial charge in [-0.25, -0.2) is 4.79 Å². The second-order valence-corrected chi connectivity index (χ2v) is 14.1. The smallest absolute Gasteiger partial charge is 0.481 e. The van der Waals surface area contributed by atoms with E-state index in [-0.39, 0.29) is 41.4 Å². The van der Waals surface area contributed by atoms with E-state index in [1.54, 1.807) is 6.08 Å². The molecule has 7 unspecified atom stereocenters. The summed E-state index contributed by atoms with van der Waals surface area (Å²) in [5.41, 5.74) is 6.16. The zero-order valence-electron chi connectivity index (χ0n) is 25.3. The first-order valence-corrected chi connectivity index (χ1v) is 16.1. The molecule has 42 heavy (non-hydrogen) atoms. The van der Waals surface area contributed by atoms with E-state index < -0.39 is 41.6 Å². The maximum atomic E-state index is 13.9. The van der Waals surface area contributed by atoms with Gasteiger partial charge in [-0.15, -0.1) is 0 Å². The maximum Gasteiger partial charge on any atom is 0.506 e. The number of ketones is 1. The van der Waals surface area contributed by atoms with Gasteiger partial charge in [0.15, 0.2) is 5.78 Å². The van der Waals surface area contributed by atoms with E-state index in [9.17, 15) is 24.6 Å². The van der Waals surface area contributed by atoms with Crippen molar-refractivity contribution < 1.29 is 38.8 Å². The van der Waals surface area contributed by atoms with Crippen molar-refractivity contribution >= 4 is 17.9 Å². The first kappa shape index (κ1) is 31.4. The number of carbonyl (C=O) groups is 3. The molecule has 5 N–H and O–H groups in total. The molecule has 0 amide bonds. The van der Waals surface area contributed by atoms with Gasteiger partial charge < -0.3 is 35.5 Å². The Morgan fingerprint density at radius 1 is 1.17 bits per heavy atom. The molecule has 1 saturated heterocycles. The number of ether oxygens (including phenoxy) is 3. The lowest BCUT2D eigenvalue weighted by atomic mass is 9.45. The van der Waals surface area contributed by atoms with Gasteiger partial charge in [0.2, 0.25) is 0 Å². The van der Waals surface area contributed by atoms with E-state index in [2.05, 4.69) is 19.2 Å². The lowest BCUT2D eigenvalue weighted by Gasteiger charge is -2.62. The van der Waals surface area contributed by atoms with E-state index in [1.165, 1.54) is 0 Å². The Morgan fingerprint density at radius 2 is 1.95 bits per heavy atom. The number of fused-ring (bicyclic) bond motifs is 3. The van der Waals surface area contributed by atoms with Crippen LogP contribution >= 0.6 is 0 Å². The van der Waals surface area contributed by atoms with Crippen LogP contribution < -0.4 is 11.1 Å². The van der Waals surface area contributed by atoms with Crippen LogP contribution in [0.1, 0.15) is 65.7 Å². The van der Waals surface area contributed by atoms with Crippen molar-refractivity contribution in [1.82, 2.24) is 5.32 Å². The van der Waals surface area contributed by atoms with Crippen LogP contribution in [0.25, 0.3) is 0 Å². The van der Waals surface area contributed by atoms with Crippen LogP contribution in [0, 0.1) is 52.8 Å². The average molecular weight is 591 g/mol. The molecule has 0 aromatic carbocycles. The third-order valence-electron chi connectivity index (χ3n) is 11.1. The zero-order valence-corrected chi connectivity index (χ0v) is 25.3. The molecule has 236 valence electrons. The molecule has 4 aliphatic carbocycles. The number of carboxylic acid groups (broad SMARTS) is 2. The highest BCUT2D eigenvalue weighted by Gasteiger charge is 2.64. The van der Waals surface area contributed by atoms with Crippen LogP contribution in [0.15, 0.2) is 11.6 Å². The number of nitrogens with two attached hydrogens (primary N) is 1. The Balaban J connectivity index is 1.43. The molecular formula is C32H50N2O8. The van der Waals surface area contributed by atoms with Crippen molar-refractivity contribution in [3.63, 3.8) is 0 Å². The van der Waals surface area contributed by atoms with Crippen LogP contribution in [0.5, 0.6) is 0 Å². The topological polar surface area (TPSA) is 157 Å². The summed E-state index contributed by atoms with van der Waals surface area (Å²) in [5, 5.41) is 23.4. The van der Waals surface area contributed by atoms with E-state index in [1.807, 2.05) is 6.92 Å². The first-order valence-electron chi connectivity index (χ1n) is 16.1. The molecule has 0 radical (unpaired) electrons. The van der Waals surface area contributed by atoms with Crippen molar-refractivity contribution in [2.45, 2.75) is 84.0 Å². The van der Waals surface area contributed by atoms with Gasteiger partial charge in [-0.2, -0.15) is 0 Å². The largest absolute Gasteiger partial charge is 0.506 e. The van der Waals surface area contributed by atoms with Crippen LogP contribution in [0.3, 0.4) is 0 Å². The molecule has 1 heterocycles. The van der Waals surface area contributed by atoms with Gasteiger partial charge in [0, 0.05) is 23.3 Å². The molecule has 0 aromatic heterocycles. The van der Waals surface area contributed by atoms with Gasteiger partial charge in [-0.3, -0.25) is 9.59 Å². The summed E-state index contributed by atoms with van der Waals surface area (Å²) in [4.78, 5) is 38.4. The predicted molar refractivity (Wildman–Crippen MR) is 155 cm³/mol. The minimum Gasteiger partial charge on any atom is -0.481 e. The fourth-order valence-electron chi connectivity index (χ4n) is 9.65. The molecule has 3 saturated carbocycles. The number of nitrogens with one attached hydrogen (secondary N) is 1. The van der Waals surface area contributed by atoms with E-state index in [0.717, 1.165) is 50.6 Å². The summed E-state index contributed by atoms with van der Waals surface area (Å²) in [6.07, 6.45) is 4.89. The van der Waals surface area contributed by atoms with Gasteiger partial charge in [0.25, 0.3) is 0 Å². The molecule has 10 nitrogen and oxygen atoms in total. The van der Waals surface area contributed by atoms with E-state index in [4.69, 9.17) is 19.9 Å². The van der Waals surface area contributed by atoms with Gasteiger partial charge in [0.1, 0.15) is 6.10 Å². The molecule has 2 bridgehead atoms. The third-order valence-corrected chi connectivity index (χ3v) is 11.1. The van der Waals surface area contributed by atoms with Crippen LogP contribution in [0.2, 0.25) is 0 Å². The van der Waals surface area contributed by atoms with E-state index >= 15 is 0 Å². The minimum atomic E-state index is -1.33. The Hall–Kier alpha value is -2.01. The van der Waals surface area contributed by atoms with Crippen LogP contribution in [-0.4, -0.2) is 79.3 Å². The van der Waals surface area contributed by atoms with Gasteiger partial charge in [0.05, 0.1) is 31.8 Å². The quantitative estimate of drug-likeness (QED) is 0.206. The second kappa shape index (κ2) is 12.9. The third kappa shape index (κ3) is 5.88. The average Bonchev–Trinajstić information content (AvgIpc) is 2.92. The first-order chi connectivity index (χ1) is 20.1. The number of allylic oxidation sites excluding steroid dienone is 1.